The lowest BCUT2D eigenvalue weighted by Gasteiger charge is -2.43. The summed E-state index contributed by atoms with van der Waals surface area (Å²) in [6.07, 6.45) is 0.768. The number of carbonyl (C=O) groups is 3. The van der Waals surface area contributed by atoms with Crippen molar-refractivity contribution in [3.05, 3.63) is 144 Å². The Morgan fingerprint density at radius 2 is 1.23 bits per heavy atom. The van der Waals surface area contributed by atoms with E-state index >= 15 is 0 Å². The van der Waals surface area contributed by atoms with Gasteiger partial charge >= 0.3 is 11.9 Å². The van der Waals surface area contributed by atoms with E-state index in [9.17, 15) is 19.5 Å². The molecule has 4 aromatic rings. The number of carboxylic acids is 1. The van der Waals surface area contributed by atoms with Crippen LogP contribution in [0.15, 0.2) is 121 Å². The number of carbonyl (C=O) groups excluding carboxylic acids is 2. The minimum absolute atomic E-state index is 0.0937. The van der Waals surface area contributed by atoms with Crippen molar-refractivity contribution < 1.29 is 24.2 Å². The molecule has 1 N–H and O–H groups in total. The number of carboxylic acid groups (broad SMARTS) is 1. The average Bonchev–Trinajstić information content (AvgIpc) is 3.36. The molecule has 7 heteroatoms. The van der Waals surface area contributed by atoms with E-state index in [0.29, 0.717) is 24.8 Å². The van der Waals surface area contributed by atoms with Crippen molar-refractivity contribution in [2.24, 2.45) is 5.92 Å². The van der Waals surface area contributed by atoms with Crippen molar-refractivity contribution in [1.82, 2.24) is 4.90 Å². The first-order valence-electron chi connectivity index (χ1n) is 14.6. The number of amides is 1. The molecule has 2 aliphatic rings. The highest BCUT2D eigenvalue weighted by atomic mass is 32.2. The van der Waals surface area contributed by atoms with E-state index in [4.69, 9.17) is 4.74 Å². The van der Waals surface area contributed by atoms with Crippen molar-refractivity contribution in [2.75, 3.05) is 5.75 Å². The molecule has 6 rings (SSSR count). The number of thioether (sulfide) groups is 1. The molecule has 2 aliphatic heterocycles. The maximum atomic E-state index is 14.1. The van der Waals surface area contributed by atoms with Crippen LogP contribution in [-0.4, -0.2) is 51.8 Å². The van der Waals surface area contributed by atoms with E-state index in [1.807, 2.05) is 54.6 Å². The summed E-state index contributed by atoms with van der Waals surface area (Å²) in [6.45, 7) is 0. The first-order chi connectivity index (χ1) is 21.0. The second kappa shape index (κ2) is 12.5. The van der Waals surface area contributed by atoms with Crippen molar-refractivity contribution in [3.8, 4) is 0 Å². The SMILES string of the molecule is O=C(O[C@H]1C[C@@H]2CC[C@H]([C@H]1C(=O)O)N2C(=O)CSC(c1ccccc1)(c1ccccc1)c1ccccc1)c1ccccc1. The molecule has 1 amide bonds. The molecule has 0 saturated carbocycles. The molecule has 2 fully saturated rings. The summed E-state index contributed by atoms with van der Waals surface area (Å²) in [4.78, 5) is 41.3. The monoisotopic (exact) mass is 591 g/mol. The van der Waals surface area contributed by atoms with Crippen molar-refractivity contribution in [3.63, 3.8) is 0 Å². The molecule has 0 aromatic heterocycles. The third-order valence-corrected chi connectivity index (χ3v) is 10.2. The second-order valence-electron chi connectivity index (χ2n) is 11.1. The van der Waals surface area contributed by atoms with Crippen LogP contribution < -0.4 is 0 Å². The first kappa shape index (κ1) is 28.7. The number of hydrogen-bond donors (Lipinski definition) is 1. The van der Waals surface area contributed by atoms with E-state index in [0.717, 1.165) is 16.7 Å². The Labute approximate surface area is 255 Å². The van der Waals surface area contributed by atoms with Gasteiger partial charge in [0, 0.05) is 18.5 Å². The number of aliphatic carboxylic acids is 1. The summed E-state index contributed by atoms with van der Waals surface area (Å²) in [6, 6.07) is 38.5. The van der Waals surface area contributed by atoms with Gasteiger partial charge in [-0.05, 0) is 41.7 Å². The Morgan fingerprint density at radius 1 is 0.744 bits per heavy atom. The molecular formula is C36H33NO5S. The third kappa shape index (κ3) is 5.57. The van der Waals surface area contributed by atoms with Gasteiger partial charge in [-0.3, -0.25) is 9.59 Å². The highest BCUT2D eigenvalue weighted by Crippen LogP contribution is 2.49. The van der Waals surface area contributed by atoms with Crippen molar-refractivity contribution in [2.45, 2.75) is 42.2 Å². The highest BCUT2D eigenvalue weighted by molar-refractivity contribution is 8.01. The maximum absolute atomic E-state index is 14.1. The van der Waals surface area contributed by atoms with Crippen LogP contribution in [0.25, 0.3) is 0 Å². The van der Waals surface area contributed by atoms with E-state index in [1.165, 1.54) is 0 Å². The number of benzene rings is 4. The van der Waals surface area contributed by atoms with Gasteiger partial charge in [-0.25, -0.2) is 4.79 Å². The number of esters is 1. The molecule has 0 spiro atoms. The van der Waals surface area contributed by atoms with Gasteiger partial charge < -0.3 is 14.7 Å². The second-order valence-corrected chi connectivity index (χ2v) is 12.3. The molecule has 0 unspecified atom stereocenters. The van der Waals surface area contributed by atoms with Gasteiger partial charge in [0.05, 0.1) is 16.1 Å². The molecule has 2 saturated heterocycles. The zero-order chi connectivity index (χ0) is 29.8. The van der Waals surface area contributed by atoms with Crippen LogP contribution in [0.5, 0.6) is 0 Å². The molecule has 0 aliphatic carbocycles. The molecule has 4 aromatic carbocycles. The van der Waals surface area contributed by atoms with Crippen LogP contribution >= 0.6 is 11.8 Å². The standard InChI is InChI=1S/C36H33NO5S/c38-32(37-29-21-22-30(37)33(34(39)40)31(23-29)42-35(41)25-13-5-1-6-14-25)24-43-36(26-15-7-2-8-16-26,27-17-9-3-10-18-27)28-19-11-4-12-20-28/h1-20,29-31,33H,21-24H2,(H,39,40)/t29-,30+,31-,33+/m0/s1. The van der Waals surface area contributed by atoms with E-state index < -0.39 is 34.7 Å². The van der Waals surface area contributed by atoms with Crippen molar-refractivity contribution in [1.29, 1.82) is 0 Å². The Morgan fingerprint density at radius 3 is 1.72 bits per heavy atom. The van der Waals surface area contributed by atoms with Crippen molar-refractivity contribution >= 4 is 29.6 Å². The number of rotatable bonds is 9. The lowest BCUT2D eigenvalue weighted by Crippen LogP contribution is -2.57. The van der Waals surface area contributed by atoms with Crippen LogP contribution in [0.4, 0.5) is 0 Å². The Bertz CT molecular complexity index is 1470. The number of piperidine rings is 1. The summed E-state index contributed by atoms with van der Waals surface area (Å²) < 4.78 is 5.13. The normalized spacial score (nSPS) is 21.3. The fourth-order valence-electron chi connectivity index (χ4n) is 6.79. The van der Waals surface area contributed by atoms with Crippen LogP contribution in [0.1, 0.15) is 46.3 Å². The number of fused-ring (bicyclic) bond motifs is 2. The fourth-order valence-corrected chi connectivity index (χ4v) is 8.18. The predicted molar refractivity (Wildman–Crippen MR) is 167 cm³/mol. The number of ether oxygens (including phenoxy) is 1. The van der Waals surface area contributed by atoms with Gasteiger partial charge in [0.1, 0.15) is 12.0 Å². The predicted octanol–water partition coefficient (Wildman–Crippen LogP) is 6.40. The lowest BCUT2D eigenvalue weighted by atomic mass is 9.84. The van der Waals surface area contributed by atoms with Crippen LogP contribution in [0, 0.1) is 5.92 Å². The Balaban J connectivity index is 1.28. The summed E-state index contributed by atoms with van der Waals surface area (Å²) in [5.74, 6) is -2.50. The molecule has 4 atom stereocenters. The maximum Gasteiger partial charge on any atom is 0.338 e. The molecule has 6 nitrogen and oxygen atoms in total. The molecule has 0 radical (unpaired) electrons. The number of nitrogens with zero attached hydrogens (tertiary/aromatic N) is 1. The Kier molecular flexibility index (Phi) is 8.34. The molecule has 2 heterocycles. The lowest BCUT2D eigenvalue weighted by molar-refractivity contribution is -0.156. The summed E-state index contributed by atoms with van der Waals surface area (Å²) in [5.41, 5.74) is 3.56. The van der Waals surface area contributed by atoms with Crippen LogP contribution in [0.3, 0.4) is 0 Å². The summed E-state index contributed by atoms with van der Waals surface area (Å²) in [5, 5.41) is 10.3. The van der Waals surface area contributed by atoms with Gasteiger partial charge in [-0.2, -0.15) is 0 Å². The van der Waals surface area contributed by atoms with Gasteiger partial charge in [0.25, 0.3) is 0 Å². The molecule has 218 valence electrons. The van der Waals surface area contributed by atoms with E-state index in [2.05, 4.69) is 36.4 Å². The Hall–Kier alpha value is -4.36. The quantitative estimate of drug-likeness (QED) is 0.179. The van der Waals surface area contributed by atoms with Gasteiger partial charge in [-0.1, -0.05) is 109 Å². The van der Waals surface area contributed by atoms with Crippen LogP contribution in [0.2, 0.25) is 0 Å². The molecule has 2 bridgehead atoms. The third-order valence-electron chi connectivity index (χ3n) is 8.66. The fraction of sp³-hybridized carbons (Fsp3) is 0.250. The zero-order valence-corrected chi connectivity index (χ0v) is 24.4. The average molecular weight is 592 g/mol. The highest BCUT2D eigenvalue weighted by Gasteiger charge is 2.54. The van der Waals surface area contributed by atoms with Crippen LogP contribution in [-0.2, 0) is 19.1 Å². The van der Waals surface area contributed by atoms with Gasteiger partial charge in [-0.15, -0.1) is 11.8 Å². The minimum atomic E-state index is -1.05. The zero-order valence-electron chi connectivity index (χ0n) is 23.6. The first-order valence-corrected chi connectivity index (χ1v) is 15.6. The topological polar surface area (TPSA) is 83.9 Å². The van der Waals surface area contributed by atoms with Gasteiger partial charge in [0.2, 0.25) is 5.91 Å². The minimum Gasteiger partial charge on any atom is -0.481 e. The van der Waals surface area contributed by atoms with E-state index in [-0.39, 0.29) is 17.7 Å². The summed E-state index contributed by atoms with van der Waals surface area (Å²) in [7, 11) is 0. The largest absolute Gasteiger partial charge is 0.481 e. The smallest absolute Gasteiger partial charge is 0.338 e. The van der Waals surface area contributed by atoms with Gasteiger partial charge in [0.15, 0.2) is 0 Å². The molecule has 43 heavy (non-hydrogen) atoms. The molecular weight excluding hydrogens is 558 g/mol. The van der Waals surface area contributed by atoms with E-state index in [1.54, 1.807) is 47.0 Å². The number of hydrogen-bond acceptors (Lipinski definition) is 5. The summed E-state index contributed by atoms with van der Waals surface area (Å²) >= 11 is 1.56.